The number of ether oxygens (including phenoxy) is 1. The van der Waals surface area contributed by atoms with Crippen molar-refractivity contribution in [2.75, 3.05) is 25.6 Å². The third kappa shape index (κ3) is 4.38. The van der Waals surface area contributed by atoms with Gasteiger partial charge in [-0.1, -0.05) is 30.3 Å². The molecular weight excluding hydrogens is 416 g/mol. The Labute approximate surface area is 191 Å². The number of hydrogen-bond donors (Lipinski definition) is 1. The number of benzene rings is 3. The molecule has 1 aliphatic heterocycles. The van der Waals surface area contributed by atoms with Gasteiger partial charge in [-0.25, -0.2) is 0 Å². The molecule has 0 saturated heterocycles. The van der Waals surface area contributed by atoms with Crippen molar-refractivity contribution in [3.8, 4) is 11.3 Å². The van der Waals surface area contributed by atoms with Gasteiger partial charge in [0.2, 0.25) is 5.91 Å². The molecule has 33 heavy (non-hydrogen) atoms. The van der Waals surface area contributed by atoms with Gasteiger partial charge >= 0.3 is 0 Å². The molecule has 6 nitrogen and oxygen atoms in total. The van der Waals surface area contributed by atoms with Gasteiger partial charge < -0.3 is 19.4 Å². The van der Waals surface area contributed by atoms with Crippen LogP contribution in [0.25, 0.3) is 22.1 Å². The van der Waals surface area contributed by atoms with Crippen LogP contribution in [0, 0.1) is 0 Å². The van der Waals surface area contributed by atoms with E-state index in [4.69, 9.17) is 9.15 Å². The molecule has 0 atom stereocenters. The van der Waals surface area contributed by atoms with Crippen LogP contribution in [0.4, 0.5) is 5.69 Å². The lowest BCUT2D eigenvalue weighted by Crippen LogP contribution is -2.35. The first-order chi connectivity index (χ1) is 16.1. The summed E-state index contributed by atoms with van der Waals surface area (Å²) in [5, 5.41) is 4.96. The van der Waals surface area contributed by atoms with Crippen LogP contribution in [-0.4, -0.2) is 37.0 Å². The van der Waals surface area contributed by atoms with Crippen LogP contribution in [0.3, 0.4) is 0 Å². The fraction of sp³-hybridized carbons (Fsp3) is 0.185. The maximum absolute atomic E-state index is 13.2. The number of hydrogen-bond acceptors (Lipinski definition) is 4. The topological polar surface area (TPSA) is 71.8 Å². The molecule has 0 spiro atoms. The van der Waals surface area contributed by atoms with Crippen molar-refractivity contribution >= 4 is 28.3 Å². The van der Waals surface area contributed by atoms with Crippen LogP contribution in [0.2, 0.25) is 0 Å². The molecular formula is C27H24N2O4. The number of amides is 2. The van der Waals surface area contributed by atoms with Crippen LogP contribution < -0.4 is 5.32 Å². The van der Waals surface area contributed by atoms with Crippen LogP contribution in [0.15, 0.2) is 77.2 Å². The van der Waals surface area contributed by atoms with E-state index in [9.17, 15) is 9.59 Å². The third-order valence-corrected chi connectivity index (χ3v) is 5.88. The highest BCUT2D eigenvalue weighted by Crippen LogP contribution is 2.31. The number of rotatable bonds is 5. The minimum Gasteiger partial charge on any atom is -0.461 e. The molecule has 4 aromatic rings. The molecule has 1 aromatic heterocycles. The van der Waals surface area contributed by atoms with Gasteiger partial charge in [0.05, 0.1) is 0 Å². The summed E-state index contributed by atoms with van der Waals surface area (Å²) in [7, 11) is 1.48. The molecule has 0 unspecified atom stereocenters. The lowest BCUT2D eigenvalue weighted by atomic mass is 10.0. The minimum atomic E-state index is -0.199. The van der Waals surface area contributed by atoms with Gasteiger partial charge in [0.25, 0.3) is 5.91 Å². The Bertz CT molecular complexity index is 1320. The average molecular weight is 440 g/mol. The Morgan fingerprint density at radius 1 is 1.00 bits per heavy atom. The zero-order valence-electron chi connectivity index (χ0n) is 18.3. The standard InChI is InChI=1S/C27H24N2O4/c1-32-17-26(30)28-23-10-8-19(9-11-23)25-15-22-16-29(13-12-24(22)33-25)27(31)21-7-6-18-4-2-3-5-20(18)14-21/h2-11,14-15H,12-13,16-17H2,1H3,(H,28,30). The highest BCUT2D eigenvalue weighted by Gasteiger charge is 2.25. The van der Waals surface area contributed by atoms with E-state index in [1.165, 1.54) is 7.11 Å². The molecule has 5 rings (SSSR count). The van der Waals surface area contributed by atoms with E-state index in [1.807, 2.05) is 77.7 Å². The highest BCUT2D eigenvalue weighted by molar-refractivity contribution is 5.98. The van der Waals surface area contributed by atoms with E-state index < -0.39 is 0 Å². The van der Waals surface area contributed by atoms with E-state index in [0.29, 0.717) is 30.8 Å². The number of carbonyl (C=O) groups excluding carboxylic acids is 2. The average Bonchev–Trinajstić information content (AvgIpc) is 3.27. The molecule has 0 aliphatic carbocycles. The second-order valence-electron chi connectivity index (χ2n) is 8.16. The van der Waals surface area contributed by atoms with Crippen molar-refractivity contribution in [3.63, 3.8) is 0 Å². The number of nitrogens with one attached hydrogen (secondary N) is 1. The van der Waals surface area contributed by atoms with Gasteiger partial charge in [-0.05, 0) is 53.2 Å². The molecule has 0 radical (unpaired) electrons. The smallest absolute Gasteiger partial charge is 0.254 e. The normalized spacial score (nSPS) is 13.1. The third-order valence-electron chi connectivity index (χ3n) is 5.88. The number of anilines is 1. The van der Waals surface area contributed by atoms with Crippen LogP contribution in [0.1, 0.15) is 21.7 Å². The van der Waals surface area contributed by atoms with Gasteiger partial charge in [0.15, 0.2) is 0 Å². The van der Waals surface area contributed by atoms with Crippen molar-refractivity contribution in [1.82, 2.24) is 4.90 Å². The Balaban J connectivity index is 1.30. The fourth-order valence-corrected chi connectivity index (χ4v) is 4.20. The molecule has 166 valence electrons. The maximum Gasteiger partial charge on any atom is 0.254 e. The molecule has 0 bridgehead atoms. The first-order valence-corrected chi connectivity index (χ1v) is 10.9. The summed E-state index contributed by atoms with van der Waals surface area (Å²) < 4.78 is 10.9. The Kier molecular flexibility index (Phi) is 5.67. The summed E-state index contributed by atoms with van der Waals surface area (Å²) in [5.41, 5.74) is 3.35. The number of nitrogens with zero attached hydrogens (tertiary/aromatic N) is 1. The summed E-state index contributed by atoms with van der Waals surface area (Å²) in [6.07, 6.45) is 0.680. The zero-order valence-corrected chi connectivity index (χ0v) is 18.3. The summed E-state index contributed by atoms with van der Waals surface area (Å²) >= 11 is 0. The number of carbonyl (C=O) groups is 2. The number of furan rings is 1. The summed E-state index contributed by atoms with van der Waals surface area (Å²) in [5.74, 6) is 1.51. The lowest BCUT2D eigenvalue weighted by Gasteiger charge is -2.26. The molecule has 2 heterocycles. The molecule has 0 fully saturated rings. The summed E-state index contributed by atoms with van der Waals surface area (Å²) in [4.78, 5) is 26.7. The van der Waals surface area contributed by atoms with Crippen molar-refractivity contribution < 1.29 is 18.7 Å². The quantitative estimate of drug-likeness (QED) is 0.480. The van der Waals surface area contributed by atoms with Gasteiger partial charge in [-0.3, -0.25) is 9.59 Å². The van der Waals surface area contributed by atoms with Gasteiger partial charge in [-0.15, -0.1) is 0 Å². The van der Waals surface area contributed by atoms with Crippen molar-refractivity contribution in [2.24, 2.45) is 0 Å². The molecule has 1 aliphatic rings. The van der Waals surface area contributed by atoms with E-state index in [0.717, 1.165) is 33.4 Å². The molecule has 1 N–H and O–H groups in total. The Hall–Kier alpha value is -3.90. The van der Waals surface area contributed by atoms with E-state index in [-0.39, 0.29) is 18.4 Å². The molecule has 3 aromatic carbocycles. The van der Waals surface area contributed by atoms with Crippen molar-refractivity contribution in [1.29, 1.82) is 0 Å². The molecule has 0 saturated carbocycles. The van der Waals surface area contributed by atoms with Crippen molar-refractivity contribution in [3.05, 3.63) is 89.7 Å². The first-order valence-electron chi connectivity index (χ1n) is 10.9. The van der Waals surface area contributed by atoms with Crippen LogP contribution in [-0.2, 0) is 22.5 Å². The first kappa shape index (κ1) is 21.0. The van der Waals surface area contributed by atoms with E-state index in [1.54, 1.807) is 0 Å². The van der Waals surface area contributed by atoms with Crippen LogP contribution in [0.5, 0.6) is 0 Å². The number of fused-ring (bicyclic) bond motifs is 2. The Morgan fingerprint density at radius 3 is 2.58 bits per heavy atom. The van der Waals surface area contributed by atoms with E-state index in [2.05, 4.69) is 5.32 Å². The predicted octanol–water partition coefficient (Wildman–Crippen LogP) is 4.88. The minimum absolute atomic E-state index is 0.0150. The maximum atomic E-state index is 13.2. The number of methoxy groups -OCH3 is 1. The lowest BCUT2D eigenvalue weighted by molar-refractivity contribution is -0.119. The van der Waals surface area contributed by atoms with Gasteiger partial charge in [0.1, 0.15) is 18.1 Å². The second kappa shape index (κ2) is 8.92. The fourth-order valence-electron chi connectivity index (χ4n) is 4.20. The predicted molar refractivity (Wildman–Crippen MR) is 127 cm³/mol. The van der Waals surface area contributed by atoms with Crippen LogP contribution >= 0.6 is 0 Å². The highest BCUT2D eigenvalue weighted by atomic mass is 16.5. The largest absolute Gasteiger partial charge is 0.461 e. The Morgan fingerprint density at radius 2 is 1.79 bits per heavy atom. The monoisotopic (exact) mass is 440 g/mol. The van der Waals surface area contributed by atoms with Gasteiger partial charge in [-0.2, -0.15) is 0 Å². The summed E-state index contributed by atoms with van der Waals surface area (Å²) in [6.45, 7) is 1.16. The van der Waals surface area contributed by atoms with Crippen molar-refractivity contribution in [2.45, 2.75) is 13.0 Å². The summed E-state index contributed by atoms with van der Waals surface area (Å²) in [6, 6.07) is 23.4. The molecule has 6 heteroatoms. The SMILES string of the molecule is COCC(=O)Nc1ccc(-c2cc3c(o2)CCN(C(=O)c2ccc4ccccc4c2)C3)cc1. The second-order valence-corrected chi connectivity index (χ2v) is 8.16. The van der Waals surface area contributed by atoms with E-state index >= 15 is 0 Å². The van der Waals surface area contributed by atoms with Gasteiger partial charge in [0, 0.05) is 49.0 Å². The zero-order chi connectivity index (χ0) is 22.8. The molecule has 2 amide bonds.